The average molecular weight is 394 g/mol. The third kappa shape index (κ3) is 3.60. The predicted octanol–water partition coefficient (Wildman–Crippen LogP) is 2.91. The van der Waals surface area contributed by atoms with Gasteiger partial charge in [-0.3, -0.25) is 4.72 Å². The minimum absolute atomic E-state index is 0.0870. The van der Waals surface area contributed by atoms with Gasteiger partial charge in [0.15, 0.2) is 0 Å². The Morgan fingerprint density at radius 3 is 1.95 bits per heavy atom. The number of para-hydroxylation sites is 1. The highest BCUT2D eigenvalue weighted by Gasteiger charge is 2.22. The van der Waals surface area contributed by atoms with Crippen LogP contribution < -0.4 is 4.72 Å². The molecule has 0 fully saturated rings. The Hall–Kier alpha value is -1.45. The molecule has 0 aromatic heterocycles. The topological polar surface area (TPSA) is 80.3 Å². The molecule has 0 spiro atoms. The molecule has 2 rings (SSSR count). The van der Waals surface area contributed by atoms with Gasteiger partial charge in [-0.25, -0.2) is 8.42 Å². The second-order valence-corrected chi connectivity index (χ2v) is 7.79. The lowest BCUT2D eigenvalue weighted by Crippen LogP contribution is -2.15. The van der Waals surface area contributed by atoms with E-state index in [1.165, 1.54) is 36.4 Å². The van der Waals surface area contributed by atoms with E-state index in [9.17, 15) is 20.7 Å². The van der Waals surface area contributed by atoms with E-state index in [0.29, 0.717) is 4.47 Å². The van der Waals surface area contributed by atoms with Crippen LogP contribution in [-0.2, 0) is 20.2 Å². The summed E-state index contributed by atoms with van der Waals surface area (Å²) in [7, 11) is -9.09. The monoisotopic (exact) mass is 393 g/mol. The summed E-state index contributed by atoms with van der Waals surface area (Å²) in [5, 5.41) is 0. The minimum atomic E-state index is -5.04. The van der Waals surface area contributed by atoms with Crippen molar-refractivity contribution in [1.29, 1.82) is 0 Å². The summed E-state index contributed by atoms with van der Waals surface area (Å²) in [6.07, 6.45) is 0. The van der Waals surface area contributed by atoms with Gasteiger partial charge >= 0.3 is 10.2 Å². The maximum atomic E-state index is 13.2. The molecular weight excluding hydrogens is 385 g/mol. The molecule has 2 aromatic carbocycles. The van der Waals surface area contributed by atoms with Crippen molar-refractivity contribution in [1.82, 2.24) is 0 Å². The van der Waals surface area contributed by atoms with Crippen LogP contribution in [0.5, 0.6) is 0 Å². The van der Waals surface area contributed by atoms with Crippen molar-refractivity contribution < 1.29 is 20.7 Å². The number of sulfonamides is 1. The molecule has 0 aliphatic rings. The van der Waals surface area contributed by atoms with Crippen molar-refractivity contribution in [2.24, 2.45) is 0 Å². The molecule has 0 saturated heterocycles. The largest absolute Gasteiger partial charge is 0.334 e. The van der Waals surface area contributed by atoms with Crippen LogP contribution in [0.25, 0.3) is 0 Å². The van der Waals surface area contributed by atoms with Gasteiger partial charge in [-0.2, -0.15) is 8.42 Å². The number of hydrogen-bond donors (Lipinski definition) is 1. The van der Waals surface area contributed by atoms with Crippen molar-refractivity contribution in [3.05, 3.63) is 53.0 Å². The van der Waals surface area contributed by atoms with Gasteiger partial charge in [0.1, 0.15) is 9.79 Å². The van der Waals surface area contributed by atoms with Gasteiger partial charge in [0, 0.05) is 4.47 Å². The van der Waals surface area contributed by atoms with Gasteiger partial charge in [0.2, 0.25) is 0 Å². The Kier molecular flexibility index (Phi) is 4.35. The number of nitrogens with one attached hydrogen (secondary N) is 1. The molecule has 112 valence electrons. The lowest BCUT2D eigenvalue weighted by atomic mass is 10.3. The van der Waals surface area contributed by atoms with Crippen LogP contribution in [0.15, 0.2) is 62.8 Å². The standard InChI is InChI=1S/C12H9BrFNO4S2/c13-9-5-1-3-7-11(9)21(18,19)15-10-6-2-4-8-12(10)20(14,16)17/h1-8,15H. The minimum Gasteiger partial charge on any atom is -0.278 e. The lowest BCUT2D eigenvalue weighted by molar-refractivity contribution is 0.552. The first-order valence-corrected chi connectivity index (χ1v) is 9.19. The third-order valence-electron chi connectivity index (χ3n) is 2.52. The van der Waals surface area contributed by atoms with E-state index in [1.807, 2.05) is 0 Å². The molecule has 0 bridgehead atoms. The second-order valence-electron chi connectivity index (χ2n) is 3.97. The number of benzene rings is 2. The first-order valence-electron chi connectivity index (χ1n) is 5.53. The molecule has 1 N–H and O–H groups in total. The molecule has 0 saturated carbocycles. The van der Waals surface area contributed by atoms with E-state index < -0.39 is 25.1 Å². The fourth-order valence-corrected chi connectivity index (χ4v) is 4.40. The van der Waals surface area contributed by atoms with Crippen LogP contribution in [-0.4, -0.2) is 16.8 Å². The number of hydrogen-bond acceptors (Lipinski definition) is 4. The molecule has 2 aromatic rings. The van der Waals surface area contributed by atoms with Gasteiger partial charge in [0.05, 0.1) is 5.69 Å². The van der Waals surface area contributed by atoms with Crippen LogP contribution in [0, 0.1) is 0 Å². The number of halogens is 2. The van der Waals surface area contributed by atoms with Crippen molar-refractivity contribution >= 4 is 41.9 Å². The molecule has 0 heterocycles. The zero-order chi connectivity index (χ0) is 15.7. The second kappa shape index (κ2) is 5.74. The fraction of sp³-hybridized carbons (Fsp3) is 0. The van der Waals surface area contributed by atoms with Crippen LogP contribution >= 0.6 is 15.9 Å². The van der Waals surface area contributed by atoms with Gasteiger partial charge in [-0.15, -0.1) is 3.89 Å². The first kappa shape index (κ1) is 15.9. The summed E-state index contributed by atoms with van der Waals surface area (Å²) >= 11 is 3.09. The highest BCUT2D eigenvalue weighted by atomic mass is 79.9. The highest BCUT2D eigenvalue weighted by molar-refractivity contribution is 9.10. The van der Waals surface area contributed by atoms with E-state index in [2.05, 4.69) is 20.7 Å². The van der Waals surface area contributed by atoms with Crippen molar-refractivity contribution in [2.45, 2.75) is 9.79 Å². The van der Waals surface area contributed by atoms with Gasteiger partial charge in [-0.1, -0.05) is 24.3 Å². The molecule has 5 nitrogen and oxygen atoms in total. The Morgan fingerprint density at radius 2 is 1.38 bits per heavy atom. The molecule has 21 heavy (non-hydrogen) atoms. The summed E-state index contributed by atoms with van der Waals surface area (Å²) in [5.74, 6) is 0. The maximum Gasteiger partial charge on any atom is 0.334 e. The zero-order valence-corrected chi connectivity index (χ0v) is 13.5. The summed E-state index contributed by atoms with van der Waals surface area (Å²) in [5.41, 5.74) is -0.351. The normalized spacial score (nSPS) is 12.1. The molecule has 0 radical (unpaired) electrons. The van der Waals surface area contributed by atoms with Gasteiger partial charge in [-0.05, 0) is 40.2 Å². The third-order valence-corrected chi connectivity index (χ3v) is 5.78. The summed E-state index contributed by atoms with van der Waals surface area (Å²) in [6, 6.07) is 10.8. The maximum absolute atomic E-state index is 13.2. The Bertz CT molecular complexity index is 882. The van der Waals surface area contributed by atoms with Crippen LogP contribution in [0.1, 0.15) is 0 Å². The Balaban J connectivity index is 2.51. The van der Waals surface area contributed by atoms with E-state index in [4.69, 9.17) is 0 Å². The molecule has 0 aliphatic heterocycles. The summed E-state index contributed by atoms with van der Waals surface area (Å²) in [4.78, 5) is -0.823. The fourth-order valence-electron chi connectivity index (χ4n) is 1.63. The van der Waals surface area contributed by atoms with Crippen molar-refractivity contribution in [3.8, 4) is 0 Å². The Labute approximate surface area is 130 Å². The number of anilines is 1. The van der Waals surface area contributed by atoms with Gasteiger partial charge in [0.25, 0.3) is 10.0 Å². The van der Waals surface area contributed by atoms with Crippen LogP contribution in [0.2, 0.25) is 0 Å². The molecule has 9 heteroatoms. The lowest BCUT2D eigenvalue weighted by Gasteiger charge is -2.11. The van der Waals surface area contributed by atoms with Crippen LogP contribution in [0.4, 0.5) is 9.57 Å². The molecule has 0 amide bonds. The summed E-state index contributed by atoms with van der Waals surface area (Å²) in [6.45, 7) is 0. The van der Waals surface area contributed by atoms with Gasteiger partial charge < -0.3 is 0 Å². The summed E-state index contributed by atoms with van der Waals surface area (Å²) < 4.78 is 62.1. The molecule has 0 unspecified atom stereocenters. The molecular formula is C12H9BrFNO4S2. The van der Waals surface area contributed by atoms with E-state index >= 15 is 0 Å². The molecule has 0 aliphatic carbocycles. The van der Waals surface area contributed by atoms with E-state index in [-0.39, 0.29) is 10.6 Å². The van der Waals surface area contributed by atoms with Crippen molar-refractivity contribution in [3.63, 3.8) is 0 Å². The SMILES string of the molecule is O=S(=O)(F)c1ccccc1NS(=O)(=O)c1ccccc1Br. The van der Waals surface area contributed by atoms with Crippen molar-refractivity contribution in [2.75, 3.05) is 4.72 Å². The Morgan fingerprint density at radius 1 is 0.857 bits per heavy atom. The number of rotatable bonds is 4. The average Bonchev–Trinajstić information content (AvgIpc) is 2.38. The van der Waals surface area contributed by atoms with E-state index in [0.717, 1.165) is 6.07 Å². The predicted molar refractivity (Wildman–Crippen MR) is 79.7 cm³/mol. The van der Waals surface area contributed by atoms with E-state index in [1.54, 1.807) is 6.07 Å². The van der Waals surface area contributed by atoms with Crippen LogP contribution in [0.3, 0.4) is 0 Å². The highest BCUT2D eigenvalue weighted by Crippen LogP contribution is 2.28. The first-order chi connectivity index (χ1) is 9.72. The molecule has 0 atom stereocenters. The smallest absolute Gasteiger partial charge is 0.278 e. The zero-order valence-electron chi connectivity index (χ0n) is 10.3. The quantitative estimate of drug-likeness (QED) is 0.809.